The van der Waals surface area contributed by atoms with Crippen molar-refractivity contribution in [2.75, 3.05) is 26.4 Å². The summed E-state index contributed by atoms with van der Waals surface area (Å²) in [5.41, 5.74) is 1.00. The van der Waals surface area contributed by atoms with E-state index in [1.807, 2.05) is 37.3 Å². The smallest absolute Gasteiger partial charge is 0.357 e. The number of ether oxygens (including phenoxy) is 2. The van der Waals surface area contributed by atoms with Crippen LogP contribution >= 0.6 is 22.9 Å². The van der Waals surface area contributed by atoms with Crippen molar-refractivity contribution in [3.8, 4) is 0 Å². The van der Waals surface area contributed by atoms with Gasteiger partial charge in [0, 0.05) is 25.1 Å². The number of halogens is 1. The van der Waals surface area contributed by atoms with Gasteiger partial charge in [-0.15, -0.1) is 22.9 Å². The first kappa shape index (κ1) is 22.3. The second kappa shape index (κ2) is 11.8. The molecular formula is C20H25ClN2O4S. The van der Waals surface area contributed by atoms with Crippen molar-refractivity contribution in [1.82, 2.24) is 9.88 Å². The van der Waals surface area contributed by atoms with Crippen LogP contribution < -0.4 is 0 Å². The molecule has 1 atom stereocenters. The fourth-order valence-corrected chi connectivity index (χ4v) is 3.60. The van der Waals surface area contributed by atoms with Crippen LogP contribution in [0, 0.1) is 0 Å². The molecule has 152 valence electrons. The first-order valence-electron chi connectivity index (χ1n) is 9.23. The summed E-state index contributed by atoms with van der Waals surface area (Å²) in [6, 6.07) is 9.24. The van der Waals surface area contributed by atoms with E-state index in [-0.39, 0.29) is 18.1 Å². The van der Waals surface area contributed by atoms with E-state index in [2.05, 4.69) is 4.98 Å². The number of hydrogen-bond acceptors (Lipinski definition) is 6. The molecule has 0 aliphatic carbocycles. The van der Waals surface area contributed by atoms with E-state index in [0.717, 1.165) is 5.56 Å². The molecular weight excluding hydrogens is 400 g/mol. The Morgan fingerprint density at radius 3 is 2.64 bits per heavy atom. The zero-order chi connectivity index (χ0) is 20.4. The van der Waals surface area contributed by atoms with Gasteiger partial charge in [0.2, 0.25) is 5.91 Å². The summed E-state index contributed by atoms with van der Waals surface area (Å²) in [6.45, 7) is 5.93. The summed E-state index contributed by atoms with van der Waals surface area (Å²) in [5.74, 6) is -0.657. The Balaban J connectivity index is 2.10. The van der Waals surface area contributed by atoms with Crippen LogP contribution in [0.15, 0.2) is 35.7 Å². The van der Waals surface area contributed by atoms with Gasteiger partial charge in [0.25, 0.3) is 0 Å². The normalized spacial score (nSPS) is 11.8. The molecule has 1 heterocycles. The van der Waals surface area contributed by atoms with Gasteiger partial charge in [0.1, 0.15) is 10.4 Å². The number of carbonyl (C=O) groups is 2. The fourth-order valence-electron chi connectivity index (χ4n) is 2.54. The van der Waals surface area contributed by atoms with Crippen LogP contribution in [0.1, 0.15) is 46.7 Å². The minimum atomic E-state index is -0.780. The molecule has 0 aliphatic heterocycles. The molecule has 6 nitrogen and oxygen atoms in total. The lowest BCUT2D eigenvalue weighted by Gasteiger charge is -2.24. The molecule has 0 aliphatic rings. The number of hydrogen-bond donors (Lipinski definition) is 0. The van der Waals surface area contributed by atoms with E-state index < -0.39 is 11.3 Å². The average Bonchev–Trinajstić information content (AvgIpc) is 3.19. The molecule has 0 spiro atoms. The van der Waals surface area contributed by atoms with Gasteiger partial charge in [-0.2, -0.15) is 0 Å². The Kier molecular flexibility index (Phi) is 9.40. The quantitative estimate of drug-likeness (QED) is 0.309. The highest BCUT2D eigenvalue weighted by atomic mass is 35.5. The van der Waals surface area contributed by atoms with Gasteiger partial charge >= 0.3 is 5.97 Å². The second-order valence-corrected chi connectivity index (χ2v) is 7.31. The molecule has 1 amide bonds. The maximum Gasteiger partial charge on any atom is 0.357 e. The van der Waals surface area contributed by atoms with E-state index in [0.29, 0.717) is 37.8 Å². The van der Waals surface area contributed by atoms with Gasteiger partial charge in [0.15, 0.2) is 5.69 Å². The average molecular weight is 425 g/mol. The summed E-state index contributed by atoms with van der Waals surface area (Å²) in [7, 11) is 0. The highest BCUT2D eigenvalue weighted by Crippen LogP contribution is 2.24. The minimum absolute atomic E-state index is 0.197. The number of carbonyl (C=O) groups excluding carboxylic acids is 2. The van der Waals surface area contributed by atoms with Crippen molar-refractivity contribution >= 4 is 34.8 Å². The lowest BCUT2D eigenvalue weighted by atomic mass is 10.1. The molecule has 2 aromatic rings. The van der Waals surface area contributed by atoms with E-state index in [1.54, 1.807) is 17.2 Å². The summed E-state index contributed by atoms with van der Waals surface area (Å²) in [5, 5.41) is 1.52. The van der Waals surface area contributed by atoms with Gasteiger partial charge in [-0.25, -0.2) is 9.78 Å². The third-order valence-corrected chi connectivity index (χ3v) is 5.18. The van der Waals surface area contributed by atoms with Crippen molar-refractivity contribution in [2.24, 2.45) is 0 Å². The second-order valence-electron chi connectivity index (χ2n) is 5.93. The fraction of sp³-hybridized carbons (Fsp3) is 0.450. The van der Waals surface area contributed by atoms with E-state index in [1.165, 1.54) is 11.3 Å². The number of benzene rings is 1. The molecule has 1 aromatic carbocycles. The van der Waals surface area contributed by atoms with Crippen LogP contribution in [0.4, 0.5) is 0 Å². The molecule has 0 N–H and O–H groups in total. The molecule has 2 rings (SSSR count). The van der Waals surface area contributed by atoms with Crippen molar-refractivity contribution in [2.45, 2.75) is 32.2 Å². The third-order valence-electron chi connectivity index (χ3n) is 3.90. The summed E-state index contributed by atoms with van der Waals surface area (Å²) < 4.78 is 10.3. The third kappa shape index (κ3) is 6.58. The number of esters is 1. The number of thiazole rings is 1. The predicted molar refractivity (Wildman–Crippen MR) is 110 cm³/mol. The highest BCUT2D eigenvalue weighted by molar-refractivity contribution is 7.09. The predicted octanol–water partition coefficient (Wildman–Crippen LogP) is 4.06. The maximum absolute atomic E-state index is 13.0. The maximum atomic E-state index is 13.0. The lowest BCUT2D eigenvalue weighted by molar-refractivity contribution is -0.131. The van der Waals surface area contributed by atoms with Gasteiger partial charge in [-0.3, -0.25) is 4.79 Å². The Hall–Kier alpha value is -1.96. The van der Waals surface area contributed by atoms with Gasteiger partial charge in [0.05, 0.1) is 13.2 Å². The molecule has 0 radical (unpaired) electrons. The van der Waals surface area contributed by atoms with Crippen LogP contribution in [-0.4, -0.2) is 48.1 Å². The monoisotopic (exact) mass is 424 g/mol. The molecule has 0 unspecified atom stereocenters. The molecule has 0 fully saturated rings. The molecule has 1 aromatic heterocycles. The van der Waals surface area contributed by atoms with Gasteiger partial charge < -0.3 is 14.4 Å². The van der Waals surface area contributed by atoms with Crippen molar-refractivity contribution < 1.29 is 19.1 Å². The van der Waals surface area contributed by atoms with Crippen LogP contribution in [0.2, 0.25) is 0 Å². The van der Waals surface area contributed by atoms with Crippen molar-refractivity contribution in [3.63, 3.8) is 0 Å². The zero-order valence-electron chi connectivity index (χ0n) is 16.1. The molecule has 0 saturated carbocycles. The van der Waals surface area contributed by atoms with Gasteiger partial charge in [-0.05, 0) is 25.8 Å². The standard InChI is InChI=1S/C20H25ClN2O4S/c1-3-26-12-8-11-23(19(24)18(21)15-9-6-5-7-10-15)13-17-22-16(14-28-17)20(25)27-4-2/h5-7,9-10,14,18H,3-4,8,11-13H2,1-2H3/t18-/m1/s1. The highest BCUT2D eigenvalue weighted by Gasteiger charge is 2.25. The van der Waals surface area contributed by atoms with Crippen LogP contribution in [0.5, 0.6) is 0 Å². The summed E-state index contributed by atoms with van der Waals surface area (Å²) >= 11 is 7.76. The first-order valence-corrected chi connectivity index (χ1v) is 10.6. The van der Waals surface area contributed by atoms with E-state index >= 15 is 0 Å². The van der Waals surface area contributed by atoms with Crippen LogP contribution in [-0.2, 0) is 20.8 Å². The number of alkyl halides is 1. The zero-order valence-corrected chi connectivity index (χ0v) is 17.7. The number of aromatic nitrogens is 1. The number of nitrogens with zero attached hydrogens (tertiary/aromatic N) is 2. The van der Waals surface area contributed by atoms with Crippen LogP contribution in [0.25, 0.3) is 0 Å². The Labute approximate surface area is 174 Å². The Morgan fingerprint density at radius 1 is 1.21 bits per heavy atom. The van der Waals surface area contributed by atoms with Crippen LogP contribution in [0.3, 0.4) is 0 Å². The Morgan fingerprint density at radius 2 is 1.96 bits per heavy atom. The largest absolute Gasteiger partial charge is 0.461 e. The number of rotatable bonds is 11. The van der Waals surface area contributed by atoms with Gasteiger partial charge in [-0.1, -0.05) is 30.3 Å². The topological polar surface area (TPSA) is 68.7 Å². The molecule has 8 heteroatoms. The Bertz CT molecular complexity index is 754. The number of amides is 1. The summed E-state index contributed by atoms with van der Waals surface area (Å²) in [6.07, 6.45) is 0.689. The minimum Gasteiger partial charge on any atom is -0.461 e. The molecule has 0 bridgehead atoms. The SMILES string of the molecule is CCOCCCN(Cc1nc(C(=O)OCC)cs1)C(=O)[C@H](Cl)c1ccccc1. The van der Waals surface area contributed by atoms with Crippen molar-refractivity contribution in [1.29, 1.82) is 0 Å². The van der Waals surface area contributed by atoms with Crippen molar-refractivity contribution in [3.05, 3.63) is 52.0 Å². The van der Waals surface area contributed by atoms with E-state index in [9.17, 15) is 9.59 Å². The lowest BCUT2D eigenvalue weighted by Crippen LogP contribution is -2.34. The molecule has 28 heavy (non-hydrogen) atoms. The molecule has 0 saturated heterocycles. The summed E-state index contributed by atoms with van der Waals surface area (Å²) in [4.78, 5) is 30.8. The van der Waals surface area contributed by atoms with E-state index in [4.69, 9.17) is 21.1 Å². The first-order chi connectivity index (χ1) is 13.6.